The smallest absolute Gasteiger partial charge is 0.195 e. The Kier molecular flexibility index (Phi) is 3.39. The Bertz CT molecular complexity index is 757. The zero-order chi connectivity index (χ0) is 13.9. The fourth-order valence-electron chi connectivity index (χ4n) is 2.16. The Balaban J connectivity index is 1.90. The van der Waals surface area contributed by atoms with E-state index >= 15 is 0 Å². The molecule has 0 bridgehead atoms. The number of carbonyl (C=O) groups is 1. The molecule has 0 aliphatic rings. The van der Waals surface area contributed by atoms with Crippen LogP contribution in [0.4, 0.5) is 0 Å². The van der Waals surface area contributed by atoms with Crippen molar-refractivity contribution in [2.45, 2.75) is 0 Å². The quantitative estimate of drug-likeness (QED) is 0.714. The molecule has 0 spiro atoms. The summed E-state index contributed by atoms with van der Waals surface area (Å²) in [6, 6.07) is 13.4. The molecular weight excluding hydrogens is 256 g/mol. The molecule has 4 nitrogen and oxygen atoms in total. The highest BCUT2D eigenvalue weighted by atomic mass is 16.5. The summed E-state index contributed by atoms with van der Waals surface area (Å²) in [5.74, 6) is 0.554. The summed E-state index contributed by atoms with van der Waals surface area (Å²) < 4.78 is 16.0. The normalized spacial score (nSPS) is 11.1. The summed E-state index contributed by atoms with van der Waals surface area (Å²) in [4.78, 5) is 11.4. The van der Waals surface area contributed by atoms with Crippen LogP contribution < -0.4 is 4.74 Å². The van der Waals surface area contributed by atoms with E-state index in [9.17, 15) is 4.79 Å². The molecule has 0 aliphatic heterocycles. The molecule has 1 aromatic heterocycles. The first-order valence-corrected chi connectivity index (χ1v) is 6.32. The van der Waals surface area contributed by atoms with Gasteiger partial charge in [0, 0.05) is 17.9 Å². The van der Waals surface area contributed by atoms with Crippen molar-refractivity contribution in [2.24, 2.45) is 0 Å². The fourth-order valence-corrected chi connectivity index (χ4v) is 2.16. The number of Topliss-reactive ketones (excluding diaryl/α,β-unsaturated/α-hetero) is 1. The van der Waals surface area contributed by atoms with Gasteiger partial charge in [0.25, 0.3) is 0 Å². The second-order valence-corrected chi connectivity index (χ2v) is 4.52. The number of para-hydroxylation sites is 1. The molecule has 2 aromatic carbocycles. The van der Waals surface area contributed by atoms with Crippen LogP contribution in [0.3, 0.4) is 0 Å². The molecule has 102 valence electrons. The lowest BCUT2D eigenvalue weighted by Gasteiger charge is -2.04. The first-order valence-electron chi connectivity index (χ1n) is 6.32. The zero-order valence-corrected chi connectivity index (χ0v) is 11.1. The third-order valence-electron chi connectivity index (χ3n) is 3.05. The van der Waals surface area contributed by atoms with Gasteiger partial charge in [-0.15, -0.1) is 0 Å². The second kappa shape index (κ2) is 5.35. The van der Waals surface area contributed by atoms with Gasteiger partial charge >= 0.3 is 0 Å². The van der Waals surface area contributed by atoms with Gasteiger partial charge in [-0.2, -0.15) is 0 Å². The Morgan fingerprint density at radius 2 is 1.85 bits per heavy atom. The number of rotatable bonds is 5. The number of methoxy groups -OCH3 is 1. The van der Waals surface area contributed by atoms with Crippen molar-refractivity contribution in [1.29, 1.82) is 0 Å². The molecule has 0 fully saturated rings. The van der Waals surface area contributed by atoms with E-state index < -0.39 is 0 Å². The van der Waals surface area contributed by atoms with Crippen LogP contribution >= 0.6 is 0 Å². The average molecular weight is 270 g/mol. The van der Waals surface area contributed by atoms with Crippen molar-refractivity contribution >= 4 is 27.7 Å². The van der Waals surface area contributed by atoms with Crippen LogP contribution in [-0.4, -0.2) is 26.1 Å². The predicted octanol–water partition coefficient (Wildman–Crippen LogP) is 3.18. The van der Waals surface area contributed by atoms with Gasteiger partial charge in [-0.1, -0.05) is 18.2 Å². The van der Waals surface area contributed by atoms with E-state index in [0.29, 0.717) is 5.75 Å². The summed E-state index contributed by atoms with van der Waals surface area (Å²) in [6.07, 6.45) is 0. The molecule has 20 heavy (non-hydrogen) atoms. The lowest BCUT2D eigenvalue weighted by atomic mass is 10.1. The van der Waals surface area contributed by atoms with Gasteiger partial charge in [-0.3, -0.25) is 4.79 Å². The molecule has 0 unspecified atom stereocenters. The number of benzene rings is 2. The first-order chi connectivity index (χ1) is 9.78. The highest BCUT2D eigenvalue weighted by molar-refractivity contribution is 6.05. The lowest BCUT2D eigenvalue weighted by Crippen LogP contribution is -2.16. The molecule has 0 atom stereocenters. The Labute approximate surface area is 115 Å². The number of fused-ring (bicyclic) bond motifs is 3. The number of furan rings is 1. The van der Waals surface area contributed by atoms with Crippen LogP contribution in [0.15, 0.2) is 46.9 Å². The first kappa shape index (κ1) is 12.7. The minimum Gasteiger partial charge on any atom is -0.486 e. The predicted molar refractivity (Wildman–Crippen MR) is 76.1 cm³/mol. The summed E-state index contributed by atoms with van der Waals surface area (Å²) in [7, 11) is 1.49. The van der Waals surface area contributed by atoms with Crippen molar-refractivity contribution in [3.8, 4) is 5.75 Å². The molecule has 1 heterocycles. The number of carbonyl (C=O) groups excluding carboxylic acids is 1. The summed E-state index contributed by atoms with van der Waals surface area (Å²) in [5, 5.41) is 2.02. The van der Waals surface area contributed by atoms with Crippen LogP contribution in [0.5, 0.6) is 5.75 Å². The van der Waals surface area contributed by atoms with Crippen LogP contribution in [0, 0.1) is 0 Å². The maximum absolute atomic E-state index is 11.4. The van der Waals surface area contributed by atoms with Gasteiger partial charge < -0.3 is 13.9 Å². The zero-order valence-electron chi connectivity index (χ0n) is 11.1. The maximum Gasteiger partial charge on any atom is 0.195 e. The minimum absolute atomic E-state index is 0.00906. The second-order valence-electron chi connectivity index (χ2n) is 4.52. The molecule has 3 rings (SSSR count). The molecule has 0 N–H and O–H groups in total. The topological polar surface area (TPSA) is 48.7 Å². The summed E-state index contributed by atoms with van der Waals surface area (Å²) in [5.41, 5.74) is 1.65. The van der Waals surface area contributed by atoms with Crippen molar-refractivity contribution in [2.75, 3.05) is 20.3 Å². The highest BCUT2D eigenvalue weighted by Gasteiger charge is 2.08. The van der Waals surface area contributed by atoms with Crippen molar-refractivity contribution in [3.63, 3.8) is 0 Å². The largest absolute Gasteiger partial charge is 0.486 e. The molecule has 0 radical (unpaired) electrons. The Morgan fingerprint density at radius 3 is 2.70 bits per heavy atom. The SMILES string of the molecule is COCC(=O)COc1ccc2oc3ccccc3c2c1. The number of hydrogen-bond donors (Lipinski definition) is 0. The number of ketones is 1. The molecule has 0 amide bonds. The van der Waals surface area contributed by atoms with E-state index in [4.69, 9.17) is 13.9 Å². The van der Waals surface area contributed by atoms with Crippen LogP contribution in [0.2, 0.25) is 0 Å². The number of ether oxygens (including phenoxy) is 2. The Morgan fingerprint density at radius 1 is 1.05 bits per heavy atom. The van der Waals surface area contributed by atoms with E-state index in [1.54, 1.807) is 6.07 Å². The summed E-state index contributed by atoms with van der Waals surface area (Å²) >= 11 is 0. The molecule has 0 saturated heterocycles. The maximum atomic E-state index is 11.4. The van der Waals surface area contributed by atoms with Crippen LogP contribution in [-0.2, 0) is 9.53 Å². The van der Waals surface area contributed by atoms with E-state index in [-0.39, 0.29) is 19.0 Å². The molecule has 4 heteroatoms. The van der Waals surface area contributed by atoms with Crippen LogP contribution in [0.1, 0.15) is 0 Å². The van der Waals surface area contributed by atoms with Gasteiger partial charge in [-0.05, 0) is 24.3 Å². The molecule has 0 aliphatic carbocycles. The van der Waals surface area contributed by atoms with Crippen molar-refractivity contribution in [3.05, 3.63) is 42.5 Å². The Hall–Kier alpha value is -2.33. The van der Waals surface area contributed by atoms with E-state index in [1.807, 2.05) is 36.4 Å². The van der Waals surface area contributed by atoms with E-state index in [0.717, 1.165) is 21.9 Å². The molecule has 0 saturated carbocycles. The van der Waals surface area contributed by atoms with Gasteiger partial charge in [0.2, 0.25) is 0 Å². The van der Waals surface area contributed by atoms with Gasteiger partial charge in [0.15, 0.2) is 5.78 Å². The highest BCUT2D eigenvalue weighted by Crippen LogP contribution is 2.31. The third kappa shape index (κ3) is 2.38. The molecular formula is C16H14O4. The average Bonchev–Trinajstić information content (AvgIpc) is 2.83. The van der Waals surface area contributed by atoms with Gasteiger partial charge in [0.1, 0.15) is 30.1 Å². The summed E-state index contributed by atoms with van der Waals surface area (Å²) in [6.45, 7) is 0.0754. The van der Waals surface area contributed by atoms with Crippen molar-refractivity contribution in [1.82, 2.24) is 0 Å². The standard InChI is InChI=1S/C16H14O4/c1-18-9-11(17)10-19-12-6-7-16-14(8-12)13-4-2-3-5-15(13)20-16/h2-8H,9-10H2,1H3. The monoisotopic (exact) mass is 270 g/mol. The van der Waals surface area contributed by atoms with E-state index in [2.05, 4.69) is 0 Å². The third-order valence-corrected chi connectivity index (χ3v) is 3.05. The minimum atomic E-state index is -0.0929. The fraction of sp³-hybridized carbons (Fsp3) is 0.188. The lowest BCUT2D eigenvalue weighted by molar-refractivity contribution is -0.124. The van der Waals surface area contributed by atoms with E-state index in [1.165, 1.54) is 7.11 Å². The van der Waals surface area contributed by atoms with Gasteiger partial charge in [-0.25, -0.2) is 0 Å². The van der Waals surface area contributed by atoms with Gasteiger partial charge in [0.05, 0.1) is 0 Å². The van der Waals surface area contributed by atoms with Crippen LogP contribution in [0.25, 0.3) is 21.9 Å². The molecule has 3 aromatic rings. The van der Waals surface area contributed by atoms with Crippen molar-refractivity contribution < 1.29 is 18.7 Å². The number of hydrogen-bond acceptors (Lipinski definition) is 4.